The molecule has 3 aromatic carbocycles. The van der Waals surface area contributed by atoms with E-state index in [9.17, 15) is 4.79 Å². The van der Waals surface area contributed by atoms with Gasteiger partial charge in [0.05, 0.1) is 18.1 Å². The quantitative estimate of drug-likeness (QED) is 0.401. The minimum absolute atomic E-state index is 0.245. The van der Waals surface area contributed by atoms with E-state index in [-0.39, 0.29) is 5.91 Å². The molecule has 2 N–H and O–H groups in total. The summed E-state index contributed by atoms with van der Waals surface area (Å²) in [7, 11) is 0. The number of nitrogens with one attached hydrogen (secondary N) is 2. The number of hydrogen-bond acceptors (Lipinski definition) is 3. The van der Waals surface area contributed by atoms with Gasteiger partial charge in [0.1, 0.15) is 0 Å². The largest absolute Gasteiger partial charge is 0.277 e. The Labute approximate surface area is 163 Å². The van der Waals surface area contributed by atoms with E-state index < -0.39 is 0 Å². The van der Waals surface area contributed by atoms with Crippen LogP contribution in [-0.2, 0) is 6.42 Å². The Morgan fingerprint density at radius 2 is 1.86 bits per heavy atom. The molecule has 1 aromatic heterocycles. The van der Waals surface area contributed by atoms with Gasteiger partial charge in [0.25, 0.3) is 5.91 Å². The van der Waals surface area contributed by atoms with Gasteiger partial charge in [0.2, 0.25) is 0 Å². The molecule has 0 radical (unpaired) electrons. The molecule has 5 heteroatoms. The summed E-state index contributed by atoms with van der Waals surface area (Å²) in [5, 5.41) is 13.2. The van der Waals surface area contributed by atoms with Gasteiger partial charge in [-0.2, -0.15) is 10.2 Å². The molecule has 1 amide bonds. The summed E-state index contributed by atoms with van der Waals surface area (Å²) in [6.07, 6.45) is 4.30. The first-order valence-electron chi connectivity index (χ1n) is 9.20. The number of carbonyl (C=O) groups excluding carboxylic acids is 1. The van der Waals surface area contributed by atoms with E-state index in [1.807, 2.05) is 36.4 Å². The highest BCUT2D eigenvalue weighted by molar-refractivity contribution is 6.07. The number of H-pyrrole nitrogens is 1. The normalized spacial score (nSPS) is 11.2. The van der Waals surface area contributed by atoms with Crippen LogP contribution in [0.1, 0.15) is 28.4 Å². The average Bonchev–Trinajstić information content (AvgIpc) is 3.22. The van der Waals surface area contributed by atoms with Crippen LogP contribution in [0.25, 0.3) is 22.0 Å². The van der Waals surface area contributed by atoms with Gasteiger partial charge in [-0.3, -0.25) is 9.89 Å². The molecule has 0 bridgehead atoms. The summed E-state index contributed by atoms with van der Waals surface area (Å²) in [4.78, 5) is 12.6. The van der Waals surface area contributed by atoms with E-state index in [4.69, 9.17) is 0 Å². The van der Waals surface area contributed by atoms with E-state index >= 15 is 0 Å². The van der Waals surface area contributed by atoms with Gasteiger partial charge >= 0.3 is 0 Å². The molecule has 5 nitrogen and oxygen atoms in total. The number of amides is 1. The van der Waals surface area contributed by atoms with Crippen molar-refractivity contribution in [1.29, 1.82) is 0 Å². The van der Waals surface area contributed by atoms with Crippen LogP contribution in [0.4, 0.5) is 0 Å². The minimum atomic E-state index is -0.245. The van der Waals surface area contributed by atoms with Crippen molar-refractivity contribution < 1.29 is 4.79 Å². The molecule has 0 spiro atoms. The zero-order valence-electron chi connectivity index (χ0n) is 15.5. The summed E-state index contributed by atoms with van der Waals surface area (Å²) in [5.74, 6) is -0.245. The molecule has 1 heterocycles. The molecule has 0 fully saturated rings. The monoisotopic (exact) mass is 368 g/mol. The Morgan fingerprint density at radius 3 is 2.68 bits per heavy atom. The number of aromatic nitrogens is 2. The Hall–Kier alpha value is -3.73. The van der Waals surface area contributed by atoms with Crippen LogP contribution in [0, 0.1) is 0 Å². The number of fused-ring (bicyclic) bond motifs is 1. The molecule has 0 unspecified atom stereocenters. The number of nitrogens with zero attached hydrogens (tertiary/aromatic N) is 2. The van der Waals surface area contributed by atoms with E-state index in [1.165, 1.54) is 5.56 Å². The second-order valence-electron chi connectivity index (χ2n) is 6.48. The van der Waals surface area contributed by atoms with Crippen LogP contribution in [-0.4, -0.2) is 22.3 Å². The Bertz CT molecular complexity index is 1140. The van der Waals surface area contributed by atoms with E-state index in [0.29, 0.717) is 5.56 Å². The minimum Gasteiger partial charge on any atom is -0.277 e. The van der Waals surface area contributed by atoms with Gasteiger partial charge in [0.15, 0.2) is 0 Å². The molecule has 0 saturated carbocycles. The molecule has 0 aliphatic carbocycles. The predicted molar refractivity (Wildman–Crippen MR) is 112 cm³/mol. The van der Waals surface area contributed by atoms with Crippen molar-refractivity contribution in [2.45, 2.75) is 13.3 Å². The maximum atomic E-state index is 12.6. The molecular formula is C23H20N4O. The first kappa shape index (κ1) is 17.7. The molecule has 0 saturated heterocycles. The Kier molecular flexibility index (Phi) is 4.97. The summed E-state index contributed by atoms with van der Waals surface area (Å²) < 4.78 is 0. The van der Waals surface area contributed by atoms with E-state index in [1.54, 1.807) is 18.5 Å². The number of hydrogen-bond donors (Lipinski definition) is 2. The van der Waals surface area contributed by atoms with Crippen molar-refractivity contribution in [2.75, 3.05) is 0 Å². The standard InChI is InChI=1S/C23H20N4O/c1-2-16-10-12-18(13-11-16)22-19(14-24-26-22)15-25-27-23(28)21-9-5-7-17-6-3-4-8-20(17)21/h3-15H,2H2,1H3,(H,24,26)(H,27,28)/b25-15-. The fraction of sp³-hybridized carbons (Fsp3) is 0.0870. The van der Waals surface area contributed by atoms with Crippen molar-refractivity contribution in [3.8, 4) is 11.3 Å². The molecule has 0 atom stereocenters. The molecule has 28 heavy (non-hydrogen) atoms. The van der Waals surface area contributed by atoms with Crippen LogP contribution >= 0.6 is 0 Å². The van der Waals surface area contributed by atoms with Crippen LogP contribution < -0.4 is 5.43 Å². The lowest BCUT2D eigenvalue weighted by molar-refractivity contribution is 0.0957. The lowest BCUT2D eigenvalue weighted by Gasteiger charge is -2.05. The van der Waals surface area contributed by atoms with Gasteiger partial charge in [-0.25, -0.2) is 5.43 Å². The van der Waals surface area contributed by atoms with Gasteiger partial charge < -0.3 is 0 Å². The summed E-state index contributed by atoms with van der Waals surface area (Å²) >= 11 is 0. The van der Waals surface area contributed by atoms with Crippen LogP contribution in [0.5, 0.6) is 0 Å². The Morgan fingerprint density at radius 1 is 1.07 bits per heavy atom. The molecule has 138 valence electrons. The highest BCUT2D eigenvalue weighted by Gasteiger charge is 2.09. The molecule has 4 aromatic rings. The van der Waals surface area contributed by atoms with Crippen molar-refractivity contribution in [3.05, 3.63) is 89.6 Å². The summed E-state index contributed by atoms with van der Waals surface area (Å²) in [6.45, 7) is 2.13. The van der Waals surface area contributed by atoms with Crippen LogP contribution in [0.3, 0.4) is 0 Å². The lowest BCUT2D eigenvalue weighted by atomic mass is 10.0. The van der Waals surface area contributed by atoms with Gasteiger partial charge in [-0.15, -0.1) is 0 Å². The second-order valence-corrected chi connectivity index (χ2v) is 6.48. The van der Waals surface area contributed by atoms with Crippen molar-refractivity contribution in [2.24, 2.45) is 5.10 Å². The van der Waals surface area contributed by atoms with Gasteiger partial charge in [-0.1, -0.05) is 67.6 Å². The molecular weight excluding hydrogens is 348 g/mol. The zero-order chi connectivity index (χ0) is 19.3. The van der Waals surface area contributed by atoms with Crippen molar-refractivity contribution in [1.82, 2.24) is 15.6 Å². The van der Waals surface area contributed by atoms with E-state index in [2.05, 4.69) is 51.9 Å². The summed E-state index contributed by atoms with van der Waals surface area (Å²) in [6, 6.07) is 21.7. The highest BCUT2D eigenvalue weighted by Crippen LogP contribution is 2.21. The van der Waals surface area contributed by atoms with Crippen LogP contribution in [0.2, 0.25) is 0 Å². The van der Waals surface area contributed by atoms with Crippen molar-refractivity contribution >= 4 is 22.9 Å². The molecule has 0 aliphatic rings. The predicted octanol–water partition coefficient (Wildman–Crippen LogP) is 4.56. The zero-order valence-corrected chi connectivity index (χ0v) is 15.5. The SMILES string of the molecule is CCc1ccc(-c2[nH]ncc2/C=N\NC(=O)c2cccc3ccccc23)cc1. The molecule has 4 rings (SSSR count). The molecule has 0 aliphatic heterocycles. The highest BCUT2D eigenvalue weighted by atomic mass is 16.2. The Balaban J connectivity index is 1.52. The summed E-state index contributed by atoms with van der Waals surface area (Å²) in [5.41, 5.74) is 7.19. The third-order valence-corrected chi connectivity index (χ3v) is 4.72. The topological polar surface area (TPSA) is 70.1 Å². The smallest absolute Gasteiger partial charge is 0.271 e. The maximum absolute atomic E-state index is 12.6. The fourth-order valence-electron chi connectivity index (χ4n) is 3.18. The van der Waals surface area contributed by atoms with Gasteiger partial charge in [-0.05, 0) is 28.8 Å². The van der Waals surface area contributed by atoms with E-state index in [0.717, 1.165) is 34.0 Å². The first-order valence-corrected chi connectivity index (χ1v) is 9.20. The first-order chi connectivity index (χ1) is 13.8. The average molecular weight is 368 g/mol. The fourth-order valence-corrected chi connectivity index (χ4v) is 3.18. The lowest BCUT2D eigenvalue weighted by Crippen LogP contribution is -2.17. The number of aryl methyl sites for hydroxylation is 1. The van der Waals surface area contributed by atoms with Crippen LogP contribution in [0.15, 0.2) is 78.0 Å². The number of rotatable bonds is 5. The van der Waals surface area contributed by atoms with Gasteiger partial charge in [0, 0.05) is 16.7 Å². The number of hydrazone groups is 1. The number of benzene rings is 3. The maximum Gasteiger partial charge on any atom is 0.271 e. The third-order valence-electron chi connectivity index (χ3n) is 4.72. The number of aromatic amines is 1. The third kappa shape index (κ3) is 3.55. The second kappa shape index (κ2) is 7.88. The van der Waals surface area contributed by atoms with Crippen molar-refractivity contribution in [3.63, 3.8) is 0 Å². The number of carbonyl (C=O) groups is 1.